The molecule has 1 aliphatic rings. The van der Waals surface area contributed by atoms with E-state index in [1.807, 2.05) is 0 Å². The van der Waals surface area contributed by atoms with E-state index >= 15 is 0 Å². The molecule has 0 N–H and O–H groups in total. The summed E-state index contributed by atoms with van der Waals surface area (Å²) in [4.78, 5) is 24.5. The van der Waals surface area contributed by atoms with Crippen LogP contribution in [0.2, 0.25) is 0 Å². The second kappa shape index (κ2) is 5.79. The summed E-state index contributed by atoms with van der Waals surface area (Å²) in [6.45, 7) is 5.31. The highest BCUT2D eigenvalue weighted by molar-refractivity contribution is 5.98. The number of rotatable bonds is 4. The number of hydrogen-bond acceptors (Lipinski definition) is 3. The molecular formula is C15H19FN2O3. The van der Waals surface area contributed by atoms with Gasteiger partial charge >= 0.3 is 0 Å². The number of nitro benzene ring substituents is 1. The first-order valence-electron chi connectivity index (χ1n) is 7.15. The van der Waals surface area contributed by atoms with Crippen molar-refractivity contribution in [2.45, 2.75) is 33.1 Å². The molecule has 5 nitrogen and oxygen atoms in total. The van der Waals surface area contributed by atoms with Crippen LogP contribution >= 0.6 is 0 Å². The predicted molar refractivity (Wildman–Crippen MR) is 76.6 cm³/mol. The Hall–Kier alpha value is -1.98. The highest BCUT2D eigenvalue weighted by Gasteiger charge is 2.38. The van der Waals surface area contributed by atoms with Gasteiger partial charge in [-0.05, 0) is 36.8 Å². The highest BCUT2D eigenvalue weighted by atomic mass is 19.1. The zero-order valence-corrected chi connectivity index (χ0v) is 12.3. The van der Waals surface area contributed by atoms with Gasteiger partial charge in [0, 0.05) is 19.2 Å². The molecule has 0 aromatic heterocycles. The van der Waals surface area contributed by atoms with E-state index in [1.165, 1.54) is 0 Å². The smallest absolute Gasteiger partial charge is 0.282 e. The van der Waals surface area contributed by atoms with Crippen LogP contribution in [0.25, 0.3) is 0 Å². The first-order chi connectivity index (χ1) is 9.92. The van der Waals surface area contributed by atoms with Crippen molar-refractivity contribution < 1.29 is 14.1 Å². The first kappa shape index (κ1) is 15.4. The third kappa shape index (κ3) is 2.89. The number of carbonyl (C=O) groups is 1. The zero-order valence-electron chi connectivity index (χ0n) is 12.3. The number of halogens is 1. The summed E-state index contributed by atoms with van der Waals surface area (Å²) in [5.41, 5.74) is -0.424. The van der Waals surface area contributed by atoms with Crippen LogP contribution in [-0.4, -0.2) is 28.8 Å². The molecule has 1 saturated heterocycles. The van der Waals surface area contributed by atoms with Crippen molar-refractivity contribution in [3.63, 3.8) is 0 Å². The van der Waals surface area contributed by atoms with Crippen LogP contribution < -0.4 is 0 Å². The maximum atomic E-state index is 13.3. The molecule has 0 bridgehead atoms. The number of benzene rings is 1. The Morgan fingerprint density at radius 2 is 2.10 bits per heavy atom. The molecule has 1 aliphatic heterocycles. The Kier molecular flexibility index (Phi) is 4.25. The van der Waals surface area contributed by atoms with Gasteiger partial charge in [-0.1, -0.05) is 13.8 Å². The molecule has 0 spiro atoms. The van der Waals surface area contributed by atoms with E-state index in [4.69, 9.17) is 0 Å². The molecule has 1 aromatic rings. The third-order valence-electron chi connectivity index (χ3n) is 4.61. The van der Waals surface area contributed by atoms with Crippen molar-refractivity contribution in [3.8, 4) is 0 Å². The van der Waals surface area contributed by atoms with Gasteiger partial charge in [-0.3, -0.25) is 14.9 Å². The molecule has 0 unspecified atom stereocenters. The van der Waals surface area contributed by atoms with Crippen LogP contribution in [0.15, 0.2) is 18.2 Å². The van der Waals surface area contributed by atoms with Gasteiger partial charge in [0.2, 0.25) is 0 Å². The Labute approximate surface area is 122 Å². The predicted octanol–water partition coefficient (Wildman–Crippen LogP) is 3.39. The topological polar surface area (TPSA) is 63.5 Å². The fraction of sp³-hybridized carbons (Fsp3) is 0.533. The van der Waals surface area contributed by atoms with E-state index in [0.29, 0.717) is 13.1 Å². The molecule has 21 heavy (non-hydrogen) atoms. The Balaban J connectivity index is 2.30. The molecule has 1 amide bonds. The van der Waals surface area contributed by atoms with E-state index in [0.717, 1.165) is 37.5 Å². The van der Waals surface area contributed by atoms with Crippen LogP contribution in [-0.2, 0) is 0 Å². The van der Waals surface area contributed by atoms with Crippen molar-refractivity contribution >= 4 is 11.6 Å². The molecule has 1 aromatic carbocycles. The van der Waals surface area contributed by atoms with Gasteiger partial charge in [0.1, 0.15) is 11.4 Å². The normalized spacial score (nSPS) is 17.0. The average Bonchev–Trinajstić information content (AvgIpc) is 2.91. The number of nitro groups is 1. The van der Waals surface area contributed by atoms with E-state index in [1.54, 1.807) is 4.90 Å². The van der Waals surface area contributed by atoms with E-state index in [9.17, 15) is 19.3 Å². The highest BCUT2D eigenvalue weighted by Crippen LogP contribution is 2.38. The van der Waals surface area contributed by atoms with Gasteiger partial charge < -0.3 is 4.90 Å². The minimum Gasteiger partial charge on any atom is -0.338 e. The maximum Gasteiger partial charge on any atom is 0.282 e. The largest absolute Gasteiger partial charge is 0.338 e. The summed E-state index contributed by atoms with van der Waals surface area (Å²) < 4.78 is 13.3. The lowest BCUT2D eigenvalue weighted by Crippen LogP contribution is -2.32. The summed E-state index contributed by atoms with van der Waals surface area (Å²) >= 11 is 0. The summed E-state index contributed by atoms with van der Waals surface area (Å²) in [5.74, 6) is -1.09. The molecule has 114 valence electrons. The van der Waals surface area contributed by atoms with Gasteiger partial charge in [-0.25, -0.2) is 4.39 Å². The summed E-state index contributed by atoms with van der Waals surface area (Å²) in [7, 11) is 0. The molecule has 0 atom stereocenters. The van der Waals surface area contributed by atoms with Crippen molar-refractivity contribution in [2.75, 3.05) is 13.1 Å². The fourth-order valence-corrected chi connectivity index (χ4v) is 2.94. The van der Waals surface area contributed by atoms with Gasteiger partial charge in [-0.2, -0.15) is 0 Å². The number of likely N-dealkylation sites (tertiary alicyclic amines) is 1. The van der Waals surface area contributed by atoms with E-state index in [-0.39, 0.29) is 16.7 Å². The SMILES string of the molecule is CCC1(CC)CCN(C(=O)c2cc(F)ccc2[N+](=O)[O-])C1. The minimum absolute atomic E-state index is 0.0811. The van der Waals surface area contributed by atoms with E-state index < -0.39 is 16.6 Å². The second-order valence-corrected chi connectivity index (χ2v) is 5.60. The van der Waals surface area contributed by atoms with Gasteiger partial charge in [0.25, 0.3) is 11.6 Å². The van der Waals surface area contributed by atoms with E-state index in [2.05, 4.69) is 13.8 Å². The molecule has 2 rings (SSSR count). The van der Waals surface area contributed by atoms with Crippen LogP contribution in [0.1, 0.15) is 43.5 Å². The first-order valence-corrected chi connectivity index (χ1v) is 7.15. The molecule has 0 radical (unpaired) electrons. The molecule has 1 fully saturated rings. The minimum atomic E-state index is -0.643. The Morgan fingerprint density at radius 3 is 2.62 bits per heavy atom. The Morgan fingerprint density at radius 1 is 1.43 bits per heavy atom. The van der Waals surface area contributed by atoms with Crippen LogP contribution in [0.5, 0.6) is 0 Å². The maximum absolute atomic E-state index is 13.3. The lowest BCUT2D eigenvalue weighted by atomic mass is 9.82. The standard InChI is InChI=1S/C15H19FN2O3/c1-3-15(4-2)7-8-17(10-15)14(19)12-9-11(16)5-6-13(12)18(20)21/h5-6,9H,3-4,7-8,10H2,1-2H3. The summed E-state index contributed by atoms with van der Waals surface area (Å²) in [6.07, 6.45) is 2.80. The molecule has 1 heterocycles. The number of nitrogens with zero attached hydrogens (tertiary/aromatic N) is 2. The van der Waals surface area contributed by atoms with Crippen molar-refractivity contribution in [1.29, 1.82) is 0 Å². The molecular weight excluding hydrogens is 275 g/mol. The third-order valence-corrected chi connectivity index (χ3v) is 4.61. The average molecular weight is 294 g/mol. The zero-order chi connectivity index (χ0) is 15.6. The lowest BCUT2D eigenvalue weighted by Gasteiger charge is -2.26. The van der Waals surface area contributed by atoms with Crippen LogP contribution in [0.3, 0.4) is 0 Å². The number of carbonyl (C=O) groups excluding carboxylic acids is 1. The molecule has 0 aliphatic carbocycles. The monoisotopic (exact) mass is 294 g/mol. The molecule has 0 saturated carbocycles. The van der Waals surface area contributed by atoms with Crippen LogP contribution in [0, 0.1) is 21.3 Å². The van der Waals surface area contributed by atoms with Gasteiger partial charge in [0.05, 0.1) is 4.92 Å². The fourth-order valence-electron chi connectivity index (χ4n) is 2.94. The van der Waals surface area contributed by atoms with Gasteiger partial charge in [-0.15, -0.1) is 0 Å². The quantitative estimate of drug-likeness (QED) is 0.631. The van der Waals surface area contributed by atoms with Crippen molar-refractivity contribution in [2.24, 2.45) is 5.41 Å². The van der Waals surface area contributed by atoms with Crippen LogP contribution in [0.4, 0.5) is 10.1 Å². The lowest BCUT2D eigenvalue weighted by molar-refractivity contribution is -0.385. The number of amides is 1. The van der Waals surface area contributed by atoms with Crippen molar-refractivity contribution in [3.05, 3.63) is 39.7 Å². The van der Waals surface area contributed by atoms with Crippen molar-refractivity contribution in [1.82, 2.24) is 4.90 Å². The second-order valence-electron chi connectivity index (χ2n) is 5.60. The Bertz CT molecular complexity index is 570. The van der Waals surface area contributed by atoms with Gasteiger partial charge in [0.15, 0.2) is 0 Å². The summed E-state index contributed by atoms with van der Waals surface area (Å²) in [6, 6.07) is 3.01. The molecule has 6 heteroatoms. The summed E-state index contributed by atoms with van der Waals surface area (Å²) in [5, 5.41) is 11.0. The number of hydrogen-bond donors (Lipinski definition) is 0.